The van der Waals surface area contributed by atoms with Crippen LogP contribution in [0.25, 0.3) is 0 Å². The summed E-state index contributed by atoms with van der Waals surface area (Å²) < 4.78 is 0. The highest BCUT2D eigenvalue weighted by Crippen LogP contribution is 2.15. The van der Waals surface area contributed by atoms with Gasteiger partial charge in [-0.15, -0.1) is 0 Å². The number of hydrogen-bond donors (Lipinski definition) is 2. The largest absolute Gasteiger partial charge is 0.338 e. The van der Waals surface area contributed by atoms with Gasteiger partial charge in [0, 0.05) is 24.9 Å². The molecule has 0 aliphatic carbocycles. The van der Waals surface area contributed by atoms with E-state index in [1.165, 1.54) is 0 Å². The molecule has 1 heterocycles. The van der Waals surface area contributed by atoms with Gasteiger partial charge in [-0.2, -0.15) is 11.8 Å². The highest BCUT2D eigenvalue weighted by atomic mass is 32.2. The van der Waals surface area contributed by atoms with Gasteiger partial charge in [0.15, 0.2) is 0 Å². The zero-order valence-electron chi connectivity index (χ0n) is 10.5. The van der Waals surface area contributed by atoms with E-state index in [2.05, 4.69) is 22.5 Å². The Morgan fingerprint density at radius 1 is 1.41 bits per heavy atom. The van der Waals surface area contributed by atoms with Gasteiger partial charge in [-0.25, -0.2) is 4.79 Å². The highest BCUT2D eigenvalue weighted by molar-refractivity contribution is 7.99. The highest BCUT2D eigenvalue weighted by Gasteiger charge is 2.20. The maximum atomic E-state index is 11.6. The summed E-state index contributed by atoms with van der Waals surface area (Å²) in [6, 6.07) is -0.000614. The first-order valence-electron chi connectivity index (χ1n) is 6.03. The lowest BCUT2D eigenvalue weighted by molar-refractivity contribution is -0.121. The molecule has 17 heavy (non-hydrogen) atoms. The molecule has 1 fully saturated rings. The van der Waals surface area contributed by atoms with E-state index < -0.39 is 6.03 Å². The van der Waals surface area contributed by atoms with Crippen LogP contribution < -0.4 is 10.6 Å². The Labute approximate surface area is 107 Å². The minimum absolute atomic E-state index is 0.227. The second kappa shape index (κ2) is 7.55. The third-order valence-corrected chi connectivity index (χ3v) is 3.76. The Morgan fingerprint density at radius 2 is 2.18 bits per heavy atom. The second-order valence-corrected chi connectivity index (χ2v) is 5.35. The topological polar surface area (TPSA) is 61.4 Å². The van der Waals surface area contributed by atoms with Crippen LogP contribution in [0.15, 0.2) is 0 Å². The molecule has 1 unspecified atom stereocenters. The Morgan fingerprint density at radius 3 is 2.88 bits per heavy atom. The average molecular weight is 259 g/mol. The third kappa shape index (κ3) is 5.41. The molecule has 0 aromatic rings. The SMILES string of the molecule is CCNC(=O)NC(=O)CN1CCSCCC1C. The standard InChI is InChI=1S/C11H21N3O2S/c1-3-12-11(16)13-10(15)8-14-5-7-17-6-4-9(14)2/h9H,3-8H2,1-2H3,(H2,12,13,15,16). The van der Waals surface area contributed by atoms with E-state index in [0.717, 1.165) is 24.5 Å². The van der Waals surface area contributed by atoms with Crippen LogP contribution in [0.5, 0.6) is 0 Å². The molecule has 0 aromatic carbocycles. The molecule has 1 saturated heterocycles. The van der Waals surface area contributed by atoms with Crippen molar-refractivity contribution >= 4 is 23.7 Å². The molecule has 6 heteroatoms. The molecule has 5 nitrogen and oxygen atoms in total. The number of amides is 3. The van der Waals surface area contributed by atoms with Crippen molar-refractivity contribution in [2.24, 2.45) is 0 Å². The molecule has 0 radical (unpaired) electrons. The Balaban J connectivity index is 2.35. The van der Waals surface area contributed by atoms with Gasteiger partial charge in [0.1, 0.15) is 0 Å². The van der Waals surface area contributed by atoms with Crippen LogP contribution in [-0.2, 0) is 4.79 Å². The number of imide groups is 1. The monoisotopic (exact) mass is 259 g/mol. The fourth-order valence-electron chi connectivity index (χ4n) is 1.73. The Bertz CT molecular complexity index is 273. The zero-order valence-corrected chi connectivity index (χ0v) is 11.3. The van der Waals surface area contributed by atoms with Crippen molar-refractivity contribution in [2.45, 2.75) is 26.3 Å². The smallest absolute Gasteiger partial charge is 0.321 e. The van der Waals surface area contributed by atoms with Crippen LogP contribution in [0.1, 0.15) is 20.3 Å². The molecular weight excluding hydrogens is 238 g/mol. The summed E-state index contributed by atoms with van der Waals surface area (Å²) in [6.45, 7) is 5.69. The van der Waals surface area contributed by atoms with Crippen molar-refractivity contribution in [1.82, 2.24) is 15.5 Å². The number of urea groups is 1. The predicted octanol–water partition coefficient (Wildman–Crippen LogP) is 0.659. The molecule has 0 aromatic heterocycles. The first-order chi connectivity index (χ1) is 8.13. The molecular formula is C11H21N3O2S. The maximum absolute atomic E-state index is 11.6. The number of rotatable bonds is 3. The molecule has 0 bridgehead atoms. The molecule has 3 amide bonds. The summed E-state index contributed by atoms with van der Waals surface area (Å²) in [4.78, 5) is 24.9. The average Bonchev–Trinajstić information content (AvgIpc) is 2.44. The maximum Gasteiger partial charge on any atom is 0.321 e. The van der Waals surface area contributed by atoms with Crippen LogP contribution in [0.4, 0.5) is 4.79 Å². The van der Waals surface area contributed by atoms with Crippen LogP contribution in [0, 0.1) is 0 Å². The number of thioether (sulfide) groups is 1. The molecule has 0 spiro atoms. The van der Waals surface area contributed by atoms with Gasteiger partial charge in [-0.1, -0.05) is 0 Å². The molecule has 0 saturated carbocycles. The van der Waals surface area contributed by atoms with E-state index in [0.29, 0.717) is 19.1 Å². The van der Waals surface area contributed by atoms with Crippen molar-refractivity contribution in [2.75, 3.05) is 31.1 Å². The first-order valence-corrected chi connectivity index (χ1v) is 7.18. The summed E-state index contributed by atoms with van der Waals surface area (Å²) in [7, 11) is 0. The van der Waals surface area contributed by atoms with Crippen molar-refractivity contribution in [3.8, 4) is 0 Å². The van der Waals surface area contributed by atoms with Gasteiger partial charge in [0.25, 0.3) is 0 Å². The zero-order chi connectivity index (χ0) is 12.7. The quantitative estimate of drug-likeness (QED) is 0.781. The van der Waals surface area contributed by atoms with Crippen molar-refractivity contribution in [3.05, 3.63) is 0 Å². The van der Waals surface area contributed by atoms with E-state index in [1.807, 2.05) is 18.7 Å². The number of nitrogens with zero attached hydrogens (tertiary/aromatic N) is 1. The Kier molecular flexibility index (Phi) is 6.36. The van der Waals surface area contributed by atoms with Crippen LogP contribution in [0.3, 0.4) is 0 Å². The molecule has 1 aliphatic heterocycles. The summed E-state index contributed by atoms with van der Waals surface area (Å²) in [6.07, 6.45) is 1.10. The van der Waals surface area contributed by atoms with Gasteiger partial charge >= 0.3 is 6.03 Å². The summed E-state index contributed by atoms with van der Waals surface area (Å²) in [5.41, 5.74) is 0. The molecule has 2 N–H and O–H groups in total. The minimum atomic E-state index is -0.408. The molecule has 1 atom stereocenters. The van der Waals surface area contributed by atoms with E-state index in [4.69, 9.17) is 0 Å². The van der Waals surface area contributed by atoms with E-state index in [-0.39, 0.29) is 5.91 Å². The second-order valence-electron chi connectivity index (χ2n) is 4.13. The van der Waals surface area contributed by atoms with Gasteiger partial charge in [-0.3, -0.25) is 15.0 Å². The number of nitrogens with one attached hydrogen (secondary N) is 2. The van der Waals surface area contributed by atoms with Crippen molar-refractivity contribution in [1.29, 1.82) is 0 Å². The van der Waals surface area contributed by atoms with Crippen molar-refractivity contribution < 1.29 is 9.59 Å². The lowest BCUT2D eigenvalue weighted by Gasteiger charge is -2.25. The van der Waals surface area contributed by atoms with Crippen molar-refractivity contribution in [3.63, 3.8) is 0 Å². The third-order valence-electron chi connectivity index (χ3n) is 2.76. The van der Waals surface area contributed by atoms with Gasteiger partial charge in [0.2, 0.25) is 5.91 Å². The van der Waals surface area contributed by atoms with E-state index in [1.54, 1.807) is 0 Å². The minimum Gasteiger partial charge on any atom is -0.338 e. The van der Waals surface area contributed by atoms with Gasteiger partial charge in [0.05, 0.1) is 6.54 Å². The molecule has 1 aliphatic rings. The van der Waals surface area contributed by atoms with E-state index >= 15 is 0 Å². The molecule has 1 rings (SSSR count). The fraction of sp³-hybridized carbons (Fsp3) is 0.818. The van der Waals surface area contributed by atoms with Gasteiger partial charge < -0.3 is 5.32 Å². The summed E-state index contributed by atoms with van der Waals surface area (Å²) in [5, 5.41) is 4.88. The first kappa shape index (κ1) is 14.3. The van der Waals surface area contributed by atoms with Crippen LogP contribution in [0.2, 0.25) is 0 Å². The lowest BCUT2D eigenvalue weighted by atomic mass is 10.2. The fourth-order valence-corrected chi connectivity index (χ4v) is 2.81. The number of carbonyl (C=O) groups excluding carboxylic acids is 2. The normalized spacial score (nSPS) is 21.6. The Hall–Kier alpha value is -0.750. The van der Waals surface area contributed by atoms with Gasteiger partial charge in [-0.05, 0) is 26.0 Å². The molecule has 98 valence electrons. The number of carbonyl (C=O) groups is 2. The summed E-state index contributed by atoms with van der Waals surface area (Å²) >= 11 is 1.92. The van der Waals surface area contributed by atoms with Crippen LogP contribution >= 0.6 is 11.8 Å². The number of hydrogen-bond acceptors (Lipinski definition) is 4. The van der Waals surface area contributed by atoms with E-state index in [9.17, 15) is 9.59 Å². The summed E-state index contributed by atoms with van der Waals surface area (Å²) in [5.74, 6) is 1.98. The lowest BCUT2D eigenvalue weighted by Crippen LogP contribution is -2.46. The predicted molar refractivity (Wildman–Crippen MR) is 70.2 cm³/mol. The van der Waals surface area contributed by atoms with Crippen LogP contribution in [-0.4, -0.2) is 54.0 Å².